The summed E-state index contributed by atoms with van der Waals surface area (Å²) in [5.74, 6) is -0.939. The zero-order valence-electron chi connectivity index (χ0n) is 15.2. The SMILES string of the molecule is COC(=O)c1ccc(C(=O)N2CCC(C)Sc3ccc(C(F)(F)F)cc32)cc1. The molecule has 2 aromatic rings. The van der Waals surface area contributed by atoms with E-state index in [1.54, 1.807) is 0 Å². The van der Waals surface area contributed by atoms with Crippen LogP contribution in [0.5, 0.6) is 0 Å². The molecule has 2 aromatic carbocycles. The molecule has 0 radical (unpaired) electrons. The van der Waals surface area contributed by atoms with Gasteiger partial charge in [-0.3, -0.25) is 4.79 Å². The van der Waals surface area contributed by atoms with Crippen LogP contribution in [0.25, 0.3) is 0 Å². The summed E-state index contributed by atoms with van der Waals surface area (Å²) in [6.07, 6.45) is -3.85. The van der Waals surface area contributed by atoms with Crippen molar-refractivity contribution in [1.82, 2.24) is 0 Å². The number of carbonyl (C=O) groups is 2. The maximum absolute atomic E-state index is 13.2. The number of thioether (sulfide) groups is 1. The summed E-state index contributed by atoms with van der Waals surface area (Å²) >= 11 is 1.46. The minimum absolute atomic E-state index is 0.162. The van der Waals surface area contributed by atoms with Crippen molar-refractivity contribution in [3.05, 3.63) is 59.2 Å². The van der Waals surface area contributed by atoms with E-state index < -0.39 is 23.6 Å². The van der Waals surface area contributed by atoms with Crippen LogP contribution in [0.4, 0.5) is 18.9 Å². The summed E-state index contributed by atoms with van der Waals surface area (Å²) in [7, 11) is 1.26. The molecule has 0 aromatic heterocycles. The second-order valence-corrected chi connectivity index (χ2v) is 7.90. The number of nitrogens with zero attached hydrogens (tertiary/aromatic N) is 1. The zero-order chi connectivity index (χ0) is 20.5. The Hall–Kier alpha value is -2.48. The monoisotopic (exact) mass is 409 g/mol. The van der Waals surface area contributed by atoms with Gasteiger partial charge in [-0.1, -0.05) is 6.92 Å². The highest BCUT2D eigenvalue weighted by Crippen LogP contribution is 2.41. The number of anilines is 1. The zero-order valence-corrected chi connectivity index (χ0v) is 16.1. The largest absolute Gasteiger partial charge is 0.465 e. The van der Waals surface area contributed by atoms with E-state index in [1.807, 2.05) is 6.92 Å². The molecule has 0 fully saturated rings. The van der Waals surface area contributed by atoms with Gasteiger partial charge >= 0.3 is 12.1 Å². The number of amides is 1. The number of methoxy groups -OCH3 is 1. The van der Waals surface area contributed by atoms with Crippen LogP contribution < -0.4 is 4.90 Å². The van der Waals surface area contributed by atoms with Crippen LogP contribution in [-0.4, -0.2) is 30.8 Å². The number of ether oxygens (including phenoxy) is 1. The number of hydrogen-bond donors (Lipinski definition) is 0. The molecule has 148 valence electrons. The van der Waals surface area contributed by atoms with Crippen molar-refractivity contribution in [2.24, 2.45) is 0 Å². The fourth-order valence-corrected chi connectivity index (χ4v) is 4.04. The number of halogens is 3. The van der Waals surface area contributed by atoms with E-state index in [4.69, 9.17) is 0 Å². The van der Waals surface area contributed by atoms with Crippen molar-refractivity contribution >= 4 is 29.3 Å². The number of alkyl halides is 3. The van der Waals surface area contributed by atoms with Crippen LogP contribution in [-0.2, 0) is 10.9 Å². The van der Waals surface area contributed by atoms with Gasteiger partial charge in [-0.25, -0.2) is 4.79 Å². The molecule has 0 aliphatic carbocycles. The lowest BCUT2D eigenvalue weighted by Gasteiger charge is -2.24. The molecule has 1 amide bonds. The standard InChI is InChI=1S/C20H18F3NO3S/c1-12-9-10-24(16-11-15(20(21,22)23)7-8-17(16)28-12)18(25)13-3-5-14(6-4-13)19(26)27-2/h3-8,11-12H,9-10H2,1-2H3. The molecule has 0 saturated heterocycles. The first-order chi connectivity index (χ1) is 13.2. The van der Waals surface area contributed by atoms with Gasteiger partial charge in [-0.2, -0.15) is 13.2 Å². The van der Waals surface area contributed by atoms with Gasteiger partial charge in [0.2, 0.25) is 0 Å². The molecule has 3 rings (SSSR count). The average Bonchev–Trinajstić information content (AvgIpc) is 2.83. The number of hydrogen-bond acceptors (Lipinski definition) is 4. The topological polar surface area (TPSA) is 46.6 Å². The van der Waals surface area contributed by atoms with E-state index in [-0.39, 0.29) is 16.5 Å². The minimum atomic E-state index is -4.49. The van der Waals surface area contributed by atoms with Crippen LogP contribution in [0, 0.1) is 0 Å². The minimum Gasteiger partial charge on any atom is -0.465 e. The van der Waals surface area contributed by atoms with E-state index in [2.05, 4.69) is 4.74 Å². The van der Waals surface area contributed by atoms with Crippen molar-refractivity contribution in [3.8, 4) is 0 Å². The van der Waals surface area contributed by atoms with Crippen LogP contribution in [0.1, 0.15) is 39.6 Å². The predicted molar refractivity (Wildman–Crippen MR) is 101 cm³/mol. The number of rotatable bonds is 2. The fourth-order valence-electron chi connectivity index (χ4n) is 2.94. The highest BCUT2D eigenvalue weighted by atomic mass is 32.2. The van der Waals surface area contributed by atoms with Crippen molar-refractivity contribution in [2.45, 2.75) is 29.7 Å². The Morgan fingerprint density at radius 1 is 1.11 bits per heavy atom. The lowest BCUT2D eigenvalue weighted by atomic mass is 10.1. The van der Waals surface area contributed by atoms with Crippen LogP contribution in [0.15, 0.2) is 47.4 Å². The molecule has 8 heteroatoms. The maximum Gasteiger partial charge on any atom is 0.416 e. The van der Waals surface area contributed by atoms with Gasteiger partial charge < -0.3 is 9.64 Å². The second-order valence-electron chi connectivity index (χ2n) is 6.42. The lowest BCUT2D eigenvalue weighted by Crippen LogP contribution is -2.32. The molecule has 1 atom stereocenters. The highest BCUT2D eigenvalue weighted by Gasteiger charge is 2.33. The molecule has 0 spiro atoms. The fraction of sp³-hybridized carbons (Fsp3) is 0.300. The van der Waals surface area contributed by atoms with Crippen molar-refractivity contribution in [3.63, 3.8) is 0 Å². The molecule has 0 bridgehead atoms. The Kier molecular flexibility index (Phi) is 5.69. The van der Waals surface area contributed by atoms with E-state index >= 15 is 0 Å². The third-order valence-corrected chi connectivity index (χ3v) is 5.70. The summed E-state index contributed by atoms with van der Waals surface area (Å²) in [6.45, 7) is 2.28. The normalized spacial score (nSPS) is 16.9. The second kappa shape index (κ2) is 7.87. The first-order valence-corrected chi connectivity index (χ1v) is 9.47. The van der Waals surface area contributed by atoms with Gasteiger partial charge in [0, 0.05) is 22.3 Å². The number of fused-ring (bicyclic) bond motifs is 1. The van der Waals surface area contributed by atoms with Crippen LogP contribution in [0.3, 0.4) is 0 Å². The Morgan fingerprint density at radius 2 is 1.75 bits per heavy atom. The van der Waals surface area contributed by atoms with Crippen molar-refractivity contribution < 1.29 is 27.5 Å². The third-order valence-electron chi connectivity index (χ3n) is 4.46. The first-order valence-electron chi connectivity index (χ1n) is 8.59. The highest BCUT2D eigenvalue weighted by molar-refractivity contribution is 8.00. The summed E-state index contributed by atoms with van der Waals surface area (Å²) in [5.41, 5.74) is 0.0425. The molecular formula is C20H18F3NO3S. The van der Waals surface area contributed by atoms with Crippen LogP contribution >= 0.6 is 11.8 Å². The quantitative estimate of drug-likeness (QED) is 0.654. The molecule has 28 heavy (non-hydrogen) atoms. The molecule has 1 heterocycles. The number of benzene rings is 2. The smallest absolute Gasteiger partial charge is 0.416 e. The third kappa shape index (κ3) is 4.16. The lowest BCUT2D eigenvalue weighted by molar-refractivity contribution is -0.137. The van der Waals surface area contributed by atoms with E-state index in [1.165, 1.54) is 54.1 Å². The van der Waals surface area contributed by atoms with Gasteiger partial charge in [0.15, 0.2) is 0 Å². The first kappa shape index (κ1) is 20.3. The molecule has 0 N–H and O–H groups in total. The molecule has 1 aliphatic heterocycles. The van der Waals surface area contributed by atoms with E-state index in [9.17, 15) is 22.8 Å². The molecular weight excluding hydrogens is 391 g/mol. The van der Waals surface area contributed by atoms with Crippen LogP contribution in [0.2, 0.25) is 0 Å². The van der Waals surface area contributed by atoms with E-state index in [0.717, 1.165) is 12.1 Å². The van der Waals surface area contributed by atoms with Gasteiger partial charge in [0.05, 0.1) is 23.9 Å². The van der Waals surface area contributed by atoms with E-state index in [0.29, 0.717) is 23.4 Å². The Morgan fingerprint density at radius 3 is 2.36 bits per heavy atom. The van der Waals surface area contributed by atoms with Gasteiger partial charge in [0.25, 0.3) is 5.91 Å². The summed E-state index contributed by atoms with van der Waals surface area (Å²) in [5, 5.41) is 0.162. The summed E-state index contributed by atoms with van der Waals surface area (Å²) < 4.78 is 44.2. The summed E-state index contributed by atoms with van der Waals surface area (Å²) in [6, 6.07) is 9.36. The Balaban J connectivity index is 1.99. The van der Waals surface area contributed by atoms with Crippen molar-refractivity contribution in [2.75, 3.05) is 18.6 Å². The molecule has 4 nitrogen and oxygen atoms in total. The number of carbonyl (C=O) groups excluding carboxylic acids is 2. The maximum atomic E-state index is 13.2. The van der Waals surface area contributed by atoms with Gasteiger partial charge in [-0.05, 0) is 48.9 Å². The molecule has 0 saturated carbocycles. The van der Waals surface area contributed by atoms with Gasteiger partial charge in [-0.15, -0.1) is 11.8 Å². The predicted octanol–water partition coefficient (Wildman–Crippen LogP) is 5.02. The Bertz CT molecular complexity index is 897. The molecule has 1 unspecified atom stereocenters. The number of esters is 1. The average molecular weight is 409 g/mol. The summed E-state index contributed by atoms with van der Waals surface area (Å²) in [4.78, 5) is 26.6. The van der Waals surface area contributed by atoms with Crippen molar-refractivity contribution in [1.29, 1.82) is 0 Å². The van der Waals surface area contributed by atoms with Gasteiger partial charge in [0.1, 0.15) is 0 Å². The Labute approximate surface area is 164 Å². The molecule has 1 aliphatic rings.